The second-order valence-electron chi connectivity index (χ2n) is 6.37. The van der Waals surface area contributed by atoms with E-state index in [-0.39, 0.29) is 6.61 Å². The number of aromatic nitrogens is 1. The van der Waals surface area contributed by atoms with Crippen LogP contribution in [0, 0.1) is 0 Å². The minimum atomic E-state index is -0.410. The number of esters is 1. The molecule has 0 saturated heterocycles. The zero-order valence-electron chi connectivity index (χ0n) is 15.4. The van der Waals surface area contributed by atoms with E-state index in [9.17, 15) is 4.79 Å². The van der Waals surface area contributed by atoms with E-state index in [1.165, 1.54) is 7.11 Å². The Labute approximate surface area is 162 Å². The van der Waals surface area contributed by atoms with Gasteiger partial charge in [-0.05, 0) is 34.5 Å². The molecule has 5 heteroatoms. The highest BCUT2D eigenvalue weighted by Crippen LogP contribution is 2.28. The van der Waals surface area contributed by atoms with Crippen LogP contribution in [-0.2, 0) is 16.0 Å². The third kappa shape index (κ3) is 4.04. The summed E-state index contributed by atoms with van der Waals surface area (Å²) < 4.78 is 16.0. The first-order valence-corrected chi connectivity index (χ1v) is 8.94. The van der Waals surface area contributed by atoms with Crippen molar-refractivity contribution in [3.8, 4) is 17.1 Å². The monoisotopic (exact) mass is 373 g/mol. The summed E-state index contributed by atoms with van der Waals surface area (Å²) in [6.07, 6.45) is 2.42. The van der Waals surface area contributed by atoms with Gasteiger partial charge in [-0.1, -0.05) is 48.5 Å². The van der Waals surface area contributed by atoms with Gasteiger partial charge in [0, 0.05) is 12.0 Å². The third-order valence-electron chi connectivity index (χ3n) is 4.43. The molecule has 0 bridgehead atoms. The largest absolute Gasteiger partial charge is 0.482 e. The molecule has 0 atom stereocenters. The van der Waals surface area contributed by atoms with Gasteiger partial charge in [-0.15, -0.1) is 0 Å². The van der Waals surface area contributed by atoms with E-state index in [1.54, 1.807) is 6.20 Å². The number of oxazole rings is 1. The van der Waals surface area contributed by atoms with Gasteiger partial charge < -0.3 is 13.9 Å². The second-order valence-corrected chi connectivity index (χ2v) is 6.37. The Morgan fingerprint density at radius 2 is 1.79 bits per heavy atom. The topological polar surface area (TPSA) is 61.6 Å². The number of rotatable bonds is 6. The van der Waals surface area contributed by atoms with Gasteiger partial charge in [-0.2, -0.15) is 0 Å². The number of benzene rings is 3. The molecule has 0 aliphatic carbocycles. The van der Waals surface area contributed by atoms with Gasteiger partial charge in [0.25, 0.3) is 0 Å². The quantitative estimate of drug-likeness (QED) is 0.461. The fraction of sp³-hybridized carbons (Fsp3) is 0.130. The summed E-state index contributed by atoms with van der Waals surface area (Å²) in [6.45, 7) is -0.109. The van der Waals surface area contributed by atoms with Gasteiger partial charge >= 0.3 is 5.97 Å². The van der Waals surface area contributed by atoms with E-state index >= 15 is 0 Å². The maximum Gasteiger partial charge on any atom is 0.343 e. The molecule has 0 fully saturated rings. The molecule has 1 heterocycles. The van der Waals surface area contributed by atoms with Crippen molar-refractivity contribution >= 4 is 16.7 Å². The molecule has 0 radical (unpaired) electrons. The molecule has 28 heavy (non-hydrogen) atoms. The average Bonchev–Trinajstić information content (AvgIpc) is 3.20. The molecule has 4 rings (SSSR count). The summed E-state index contributed by atoms with van der Waals surface area (Å²) in [5, 5.41) is 2.05. The van der Waals surface area contributed by atoms with E-state index in [4.69, 9.17) is 9.15 Å². The first kappa shape index (κ1) is 17.8. The Hall–Kier alpha value is -3.60. The van der Waals surface area contributed by atoms with Crippen molar-refractivity contribution in [2.45, 2.75) is 6.42 Å². The lowest BCUT2D eigenvalue weighted by molar-refractivity contribution is -0.142. The van der Waals surface area contributed by atoms with E-state index in [0.29, 0.717) is 18.1 Å². The standard InChI is InChI=1S/C23H19NO4/c1-26-23(25)15-27-20-10-9-17-12-19(8-7-18(17)13-20)21-14-24-22(28-21)11-16-5-3-2-4-6-16/h2-10,12-14H,11,15H2,1H3. The van der Waals surface area contributed by atoms with Crippen LogP contribution in [0.5, 0.6) is 5.75 Å². The maximum absolute atomic E-state index is 11.2. The maximum atomic E-state index is 11.2. The van der Waals surface area contributed by atoms with Crippen molar-refractivity contribution in [3.63, 3.8) is 0 Å². The number of carbonyl (C=O) groups excluding carboxylic acids is 1. The van der Waals surface area contributed by atoms with Gasteiger partial charge in [0.15, 0.2) is 18.3 Å². The molecule has 3 aromatic carbocycles. The van der Waals surface area contributed by atoms with Crippen LogP contribution in [0.25, 0.3) is 22.1 Å². The number of nitrogens with zero attached hydrogens (tertiary/aromatic N) is 1. The molecule has 1 aromatic heterocycles. The van der Waals surface area contributed by atoms with Gasteiger partial charge in [-0.3, -0.25) is 0 Å². The zero-order chi connectivity index (χ0) is 19.3. The Morgan fingerprint density at radius 3 is 2.61 bits per heavy atom. The number of hydrogen-bond donors (Lipinski definition) is 0. The Balaban J connectivity index is 1.52. The minimum Gasteiger partial charge on any atom is -0.482 e. The Morgan fingerprint density at radius 1 is 1.00 bits per heavy atom. The zero-order valence-corrected chi connectivity index (χ0v) is 15.4. The van der Waals surface area contributed by atoms with Crippen molar-refractivity contribution in [1.82, 2.24) is 4.98 Å². The normalized spacial score (nSPS) is 10.8. The molecule has 0 aliphatic heterocycles. The Bertz CT molecular complexity index is 1100. The lowest BCUT2D eigenvalue weighted by Crippen LogP contribution is -2.12. The smallest absolute Gasteiger partial charge is 0.343 e. The Kier molecular flexibility index (Phi) is 5.06. The fourth-order valence-electron chi connectivity index (χ4n) is 2.96. The summed E-state index contributed by atoms with van der Waals surface area (Å²) in [5.41, 5.74) is 2.12. The van der Waals surface area contributed by atoms with Crippen LogP contribution in [0.4, 0.5) is 0 Å². The molecule has 0 N–H and O–H groups in total. The van der Waals surface area contributed by atoms with Crippen molar-refractivity contribution in [1.29, 1.82) is 0 Å². The van der Waals surface area contributed by atoms with E-state index < -0.39 is 5.97 Å². The van der Waals surface area contributed by atoms with Gasteiger partial charge in [-0.25, -0.2) is 9.78 Å². The van der Waals surface area contributed by atoms with Crippen LogP contribution in [0.1, 0.15) is 11.5 Å². The minimum absolute atomic E-state index is 0.109. The highest BCUT2D eigenvalue weighted by molar-refractivity contribution is 5.87. The molecule has 0 spiro atoms. The summed E-state index contributed by atoms with van der Waals surface area (Å²) >= 11 is 0. The van der Waals surface area contributed by atoms with E-state index in [0.717, 1.165) is 27.7 Å². The van der Waals surface area contributed by atoms with Crippen LogP contribution >= 0.6 is 0 Å². The van der Waals surface area contributed by atoms with Crippen LogP contribution in [0.3, 0.4) is 0 Å². The molecule has 5 nitrogen and oxygen atoms in total. The summed E-state index contributed by atoms with van der Waals surface area (Å²) in [4.78, 5) is 15.6. The number of carbonyl (C=O) groups is 1. The molecule has 140 valence electrons. The molecular weight excluding hydrogens is 354 g/mol. The summed E-state index contributed by atoms with van der Waals surface area (Å²) in [6, 6.07) is 21.8. The van der Waals surface area contributed by atoms with Crippen LogP contribution in [-0.4, -0.2) is 24.7 Å². The molecule has 4 aromatic rings. The summed E-state index contributed by atoms with van der Waals surface area (Å²) in [7, 11) is 1.34. The first-order valence-electron chi connectivity index (χ1n) is 8.94. The highest BCUT2D eigenvalue weighted by Gasteiger charge is 2.09. The molecule has 0 amide bonds. The van der Waals surface area contributed by atoms with E-state index in [2.05, 4.69) is 21.9 Å². The lowest BCUT2D eigenvalue weighted by atomic mass is 10.1. The van der Waals surface area contributed by atoms with Crippen LogP contribution in [0.2, 0.25) is 0 Å². The molecule has 0 aliphatic rings. The number of fused-ring (bicyclic) bond motifs is 1. The number of ether oxygens (including phenoxy) is 2. The van der Waals surface area contributed by atoms with E-state index in [1.807, 2.05) is 54.6 Å². The van der Waals surface area contributed by atoms with Crippen molar-refractivity contribution in [2.75, 3.05) is 13.7 Å². The van der Waals surface area contributed by atoms with Gasteiger partial charge in [0.1, 0.15) is 5.75 Å². The van der Waals surface area contributed by atoms with Crippen molar-refractivity contribution < 1.29 is 18.7 Å². The van der Waals surface area contributed by atoms with Crippen LogP contribution in [0.15, 0.2) is 77.3 Å². The average molecular weight is 373 g/mol. The SMILES string of the molecule is COC(=O)COc1ccc2cc(-c3cnc(Cc4ccccc4)o3)ccc2c1. The molecular formula is C23H19NO4. The second kappa shape index (κ2) is 7.96. The van der Waals surface area contributed by atoms with Gasteiger partial charge in [0.05, 0.1) is 13.3 Å². The predicted octanol–water partition coefficient (Wildman–Crippen LogP) is 4.64. The number of hydrogen-bond acceptors (Lipinski definition) is 5. The molecule has 0 unspecified atom stereocenters. The summed E-state index contributed by atoms with van der Waals surface area (Å²) in [5.74, 6) is 1.63. The fourth-order valence-corrected chi connectivity index (χ4v) is 2.96. The first-order chi connectivity index (χ1) is 13.7. The molecule has 0 saturated carbocycles. The van der Waals surface area contributed by atoms with Gasteiger partial charge in [0.2, 0.25) is 0 Å². The highest BCUT2D eigenvalue weighted by atomic mass is 16.6. The predicted molar refractivity (Wildman–Crippen MR) is 106 cm³/mol. The third-order valence-corrected chi connectivity index (χ3v) is 4.43. The van der Waals surface area contributed by atoms with Crippen molar-refractivity contribution in [2.24, 2.45) is 0 Å². The van der Waals surface area contributed by atoms with Crippen molar-refractivity contribution in [3.05, 3.63) is 84.4 Å². The lowest BCUT2D eigenvalue weighted by Gasteiger charge is -2.07. The number of methoxy groups -OCH3 is 1. The van der Waals surface area contributed by atoms with Crippen LogP contribution < -0.4 is 4.74 Å².